The summed E-state index contributed by atoms with van der Waals surface area (Å²) in [5, 5.41) is 5.34. The molecule has 5 heterocycles. The molecular formula is C64H52BN3S. The fraction of sp³-hybridized carbons (Fsp3) is 0.156. The smallest absolute Gasteiger partial charge is 0.233 e. The summed E-state index contributed by atoms with van der Waals surface area (Å²) in [4.78, 5) is 6.86. The lowest BCUT2D eigenvalue weighted by molar-refractivity contribution is 0.590. The third kappa shape index (κ3) is 5.83. The number of aromatic nitrogens is 1. The predicted molar refractivity (Wildman–Crippen MR) is 296 cm³/mol. The van der Waals surface area contributed by atoms with E-state index in [1.807, 2.05) is 0 Å². The van der Waals surface area contributed by atoms with Gasteiger partial charge in [0.1, 0.15) is 0 Å². The molecule has 0 saturated heterocycles. The molecule has 3 aliphatic heterocycles. The van der Waals surface area contributed by atoms with Gasteiger partial charge in [-0.1, -0.05) is 187 Å². The van der Waals surface area contributed by atoms with E-state index in [4.69, 9.17) is 0 Å². The number of rotatable bonds is 4. The second-order valence-electron chi connectivity index (χ2n) is 21.6. The Morgan fingerprint density at radius 2 is 1.04 bits per heavy atom. The van der Waals surface area contributed by atoms with Gasteiger partial charge >= 0.3 is 0 Å². The van der Waals surface area contributed by atoms with Crippen molar-refractivity contribution >= 4 is 95.9 Å². The van der Waals surface area contributed by atoms with E-state index < -0.39 is 0 Å². The lowest BCUT2D eigenvalue weighted by Gasteiger charge is -2.49. The second-order valence-corrected chi connectivity index (χ2v) is 22.8. The SMILES string of the molecule is CC(C)(C)c1ccc(N2c3ccccc3B3c4c2cc2c5cccc6c7ccccc7n(c2c4N(c2ccc(C(C)(C)C)cc2-c2ccccc2)C2c4ccccc4SC32)c65)c(-c2ccccc2)c1. The van der Waals surface area contributed by atoms with Gasteiger partial charge in [0.25, 0.3) is 0 Å². The highest BCUT2D eigenvalue weighted by Gasteiger charge is 2.55. The van der Waals surface area contributed by atoms with Crippen LogP contribution in [0.5, 0.6) is 0 Å². The van der Waals surface area contributed by atoms with Gasteiger partial charge in [-0.15, -0.1) is 11.8 Å². The van der Waals surface area contributed by atoms with Crippen LogP contribution in [0.3, 0.4) is 0 Å². The first-order chi connectivity index (χ1) is 33.5. The molecule has 0 spiro atoms. The Kier molecular flexibility index (Phi) is 8.67. The van der Waals surface area contributed by atoms with Crippen LogP contribution in [-0.2, 0) is 10.8 Å². The van der Waals surface area contributed by atoms with Gasteiger partial charge in [0.15, 0.2) is 0 Å². The van der Waals surface area contributed by atoms with Crippen LogP contribution < -0.4 is 20.7 Å². The number of hydrogen-bond donors (Lipinski definition) is 0. The maximum atomic E-state index is 2.84. The van der Waals surface area contributed by atoms with Crippen molar-refractivity contribution in [3.63, 3.8) is 0 Å². The normalized spacial score (nSPS) is 16.4. The molecule has 0 bridgehead atoms. The minimum atomic E-state index is -0.0406. The van der Waals surface area contributed by atoms with Gasteiger partial charge < -0.3 is 14.2 Å². The van der Waals surface area contributed by atoms with E-state index in [9.17, 15) is 0 Å². The topological polar surface area (TPSA) is 10.9 Å². The quantitative estimate of drug-likeness (QED) is 0.163. The highest BCUT2D eigenvalue weighted by Crippen LogP contribution is 2.60. The monoisotopic (exact) mass is 905 g/mol. The summed E-state index contributed by atoms with van der Waals surface area (Å²) < 4.78 is 2.65. The molecule has 0 saturated carbocycles. The molecular weight excluding hydrogens is 854 g/mol. The van der Waals surface area contributed by atoms with Crippen molar-refractivity contribution < 1.29 is 0 Å². The average molecular weight is 906 g/mol. The number of nitrogens with zero attached hydrogens (tertiary/aromatic N) is 3. The predicted octanol–water partition coefficient (Wildman–Crippen LogP) is 16.1. The van der Waals surface area contributed by atoms with E-state index in [-0.39, 0.29) is 28.7 Å². The van der Waals surface area contributed by atoms with Crippen molar-refractivity contribution in [3.05, 3.63) is 211 Å². The summed E-state index contributed by atoms with van der Waals surface area (Å²) in [5.74, 6) is 0. The molecule has 2 unspecified atom stereocenters. The molecule has 2 aromatic heterocycles. The van der Waals surface area contributed by atoms with Crippen LogP contribution in [0.2, 0.25) is 0 Å². The molecule has 0 N–H and O–H groups in total. The zero-order valence-electron chi connectivity index (χ0n) is 40.0. The maximum Gasteiger partial charge on any atom is 0.233 e. The minimum absolute atomic E-state index is 0.0299. The molecule has 3 nitrogen and oxygen atoms in total. The molecule has 3 aliphatic rings. The second kappa shape index (κ2) is 14.7. The number of fused-ring (bicyclic) bond motifs is 13. The van der Waals surface area contributed by atoms with E-state index >= 15 is 0 Å². The number of anilines is 5. The van der Waals surface area contributed by atoms with Gasteiger partial charge in [0, 0.05) is 59.8 Å². The van der Waals surface area contributed by atoms with Crippen LogP contribution in [0.25, 0.3) is 60.3 Å². The van der Waals surface area contributed by atoms with Gasteiger partial charge in [-0.05, 0) is 98.1 Å². The van der Waals surface area contributed by atoms with Gasteiger partial charge in [0.05, 0.1) is 34.0 Å². The van der Waals surface area contributed by atoms with Crippen LogP contribution >= 0.6 is 11.8 Å². The van der Waals surface area contributed by atoms with Crippen molar-refractivity contribution in [2.75, 3.05) is 9.80 Å². The Hall–Kier alpha value is -7.21. The van der Waals surface area contributed by atoms with E-state index in [1.54, 1.807) is 0 Å². The molecule has 0 fully saturated rings. The van der Waals surface area contributed by atoms with Gasteiger partial charge in [-0.25, -0.2) is 0 Å². The summed E-state index contributed by atoms with van der Waals surface area (Å²) in [6, 6.07) is 74.2. The first-order valence-electron chi connectivity index (χ1n) is 24.6. The van der Waals surface area contributed by atoms with Crippen LogP contribution in [-0.4, -0.2) is 16.3 Å². The Bertz CT molecular complexity index is 3880. The molecule has 5 heteroatoms. The third-order valence-corrected chi connectivity index (χ3v) is 17.0. The molecule has 332 valence electrons. The standard InChI is InChI=1S/C64H52BN3S/c1-63(2,3)41-32-34-52(47(36-41)39-20-9-7-10-21-39)66-54-30-17-15-28-50(54)65-57-55(66)38-49-45-27-19-26-44-43-24-13-16-29-51(43)67(58(44)45)59(49)61(57)68(60-46-25-14-18-31-56(46)69-62(60)65)53-35-33-42(64(4,5)6)37-48(53)40-22-11-8-12-23-40/h7-38,60,62H,1-6H3. The summed E-state index contributed by atoms with van der Waals surface area (Å²) in [7, 11) is 0. The Morgan fingerprint density at radius 3 is 1.75 bits per heavy atom. The molecule has 14 rings (SSSR count). The van der Waals surface area contributed by atoms with E-state index in [2.05, 4.69) is 262 Å². The molecule has 69 heavy (non-hydrogen) atoms. The number of para-hydroxylation sites is 3. The number of benzene rings is 9. The van der Waals surface area contributed by atoms with Gasteiger partial charge in [-0.2, -0.15) is 0 Å². The lowest BCUT2D eigenvalue weighted by Crippen LogP contribution is -2.62. The van der Waals surface area contributed by atoms with Gasteiger partial charge in [-0.3, -0.25) is 0 Å². The van der Waals surface area contributed by atoms with Crippen LogP contribution in [0, 0.1) is 0 Å². The van der Waals surface area contributed by atoms with Crippen molar-refractivity contribution in [3.8, 4) is 22.3 Å². The molecule has 0 amide bonds. The molecule has 9 aromatic carbocycles. The summed E-state index contributed by atoms with van der Waals surface area (Å²) in [5.41, 5.74) is 21.8. The highest BCUT2D eigenvalue weighted by atomic mass is 32.2. The molecule has 0 radical (unpaired) electrons. The van der Waals surface area contributed by atoms with Crippen molar-refractivity contribution in [2.45, 2.75) is 68.5 Å². The van der Waals surface area contributed by atoms with E-state index in [0.29, 0.717) is 0 Å². The molecule has 11 aromatic rings. The largest absolute Gasteiger partial charge is 0.331 e. The number of thioether (sulfide) groups is 1. The van der Waals surface area contributed by atoms with Crippen LogP contribution in [0.4, 0.5) is 28.4 Å². The Labute approximate surface area is 409 Å². The average Bonchev–Trinajstić information content (AvgIpc) is 4.03. The highest BCUT2D eigenvalue weighted by molar-refractivity contribution is 8.02. The van der Waals surface area contributed by atoms with Crippen molar-refractivity contribution in [1.29, 1.82) is 0 Å². The Balaban J connectivity index is 1.19. The maximum absolute atomic E-state index is 2.84. The minimum Gasteiger partial charge on any atom is -0.331 e. The molecule has 0 aliphatic carbocycles. The van der Waals surface area contributed by atoms with E-state index in [1.165, 1.54) is 121 Å². The Morgan fingerprint density at radius 1 is 0.464 bits per heavy atom. The van der Waals surface area contributed by atoms with Crippen LogP contribution in [0.15, 0.2) is 199 Å². The zero-order chi connectivity index (χ0) is 46.5. The third-order valence-electron chi connectivity index (χ3n) is 15.6. The first kappa shape index (κ1) is 40.8. The first-order valence-corrected chi connectivity index (χ1v) is 25.5. The van der Waals surface area contributed by atoms with E-state index in [0.717, 1.165) is 0 Å². The van der Waals surface area contributed by atoms with Crippen molar-refractivity contribution in [1.82, 2.24) is 4.40 Å². The summed E-state index contributed by atoms with van der Waals surface area (Å²) in [6.45, 7) is 14.1. The van der Waals surface area contributed by atoms with Crippen LogP contribution in [0.1, 0.15) is 64.3 Å². The summed E-state index contributed by atoms with van der Waals surface area (Å²) in [6.07, 6.45) is 0. The van der Waals surface area contributed by atoms with Crippen molar-refractivity contribution in [2.24, 2.45) is 0 Å². The lowest BCUT2D eigenvalue weighted by atomic mass is 9.33. The zero-order valence-corrected chi connectivity index (χ0v) is 40.8. The van der Waals surface area contributed by atoms with Gasteiger partial charge in [0.2, 0.25) is 6.71 Å². The molecule has 2 atom stereocenters. The fourth-order valence-electron chi connectivity index (χ4n) is 12.4. The summed E-state index contributed by atoms with van der Waals surface area (Å²) >= 11 is 2.08. The fourth-order valence-corrected chi connectivity index (χ4v) is 14.0. The number of hydrogen-bond acceptors (Lipinski definition) is 3.